The van der Waals surface area contributed by atoms with Gasteiger partial charge in [-0.2, -0.15) is 0 Å². The molecule has 0 radical (unpaired) electrons. The van der Waals surface area contributed by atoms with Crippen molar-refractivity contribution in [2.75, 3.05) is 27.3 Å². The Morgan fingerprint density at radius 3 is 2.28 bits per heavy atom. The van der Waals surface area contributed by atoms with E-state index >= 15 is 0 Å². The molecule has 4 aromatic carbocycles. The lowest BCUT2D eigenvalue weighted by atomic mass is 9.96. The molecule has 262 valence electrons. The van der Waals surface area contributed by atoms with Crippen molar-refractivity contribution >= 4 is 11.9 Å². The van der Waals surface area contributed by atoms with Gasteiger partial charge >= 0.3 is 5.97 Å². The maximum atomic E-state index is 12.1. The average Bonchev–Trinajstić information content (AvgIpc) is 3.15. The molecule has 6 rings (SSSR count). The molecular weight excluding hydrogens is 636 g/mol. The molecule has 2 aliphatic rings. The van der Waals surface area contributed by atoms with Crippen molar-refractivity contribution in [2.24, 2.45) is 0 Å². The minimum absolute atomic E-state index is 0.0155. The molecular formula is C40H44N2O8. The second-order valence-corrected chi connectivity index (χ2v) is 12.8. The third-order valence-electron chi connectivity index (χ3n) is 9.35. The number of benzene rings is 4. The van der Waals surface area contributed by atoms with Crippen LogP contribution in [0.2, 0.25) is 0 Å². The van der Waals surface area contributed by atoms with Crippen molar-refractivity contribution in [3.63, 3.8) is 0 Å². The van der Waals surface area contributed by atoms with E-state index in [0.29, 0.717) is 13.0 Å². The van der Waals surface area contributed by atoms with Gasteiger partial charge in [-0.25, -0.2) is 0 Å². The van der Waals surface area contributed by atoms with Crippen molar-refractivity contribution in [3.8, 4) is 22.6 Å². The quantitative estimate of drug-likeness (QED) is 0.157. The molecule has 2 aliphatic heterocycles. The molecule has 1 saturated heterocycles. The smallest absolute Gasteiger partial charge is 0.303 e. The summed E-state index contributed by atoms with van der Waals surface area (Å²) in [4.78, 5) is 25.3. The van der Waals surface area contributed by atoms with Crippen LogP contribution in [0.15, 0.2) is 84.9 Å². The molecule has 4 aromatic rings. The first-order valence-corrected chi connectivity index (χ1v) is 17.0. The molecule has 0 unspecified atom stereocenters. The lowest BCUT2D eigenvalue weighted by molar-refractivity contribution is -0.253. The highest BCUT2D eigenvalue weighted by atomic mass is 16.7. The first-order valence-electron chi connectivity index (χ1n) is 17.0. The van der Waals surface area contributed by atoms with E-state index in [1.807, 2.05) is 66.7 Å². The third kappa shape index (κ3) is 8.70. The Morgan fingerprint density at radius 2 is 1.56 bits per heavy atom. The van der Waals surface area contributed by atoms with Crippen molar-refractivity contribution in [2.45, 2.75) is 63.9 Å². The van der Waals surface area contributed by atoms with Crippen LogP contribution in [0.5, 0.6) is 11.5 Å². The van der Waals surface area contributed by atoms with Crippen LogP contribution in [-0.4, -0.2) is 60.4 Å². The molecule has 0 aliphatic carbocycles. The first-order chi connectivity index (χ1) is 24.3. The van der Waals surface area contributed by atoms with Gasteiger partial charge in [0, 0.05) is 44.6 Å². The van der Waals surface area contributed by atoms with E-state index in [9.17, 15) is 14.7 Å². The largest absolute Gasteiger partial charge is 0.493 e. The summed E-state index contributed by atoms with van der Waals surface area (Å²) in [5, 5.41) is 21.3. The minimum Gasteiger partial charge on any atom is -0.493 e. The zero-order valence-electron chi connectivity index (χ0n) is 28.5. The molecule has 2 heterocycles. The number of aliphatic hydroxyl groups is 1. The number of nitrogens with zero attached hydrogens (tertiary/aromatic N) is 1. The van der Waals surface area contributed by atoms with E-state index in [-0.39, 0.29) is 37.6 Å². The van der Waals surface area contributed by atoms with Gasteiger partial charge < -0.3 is 34.5 Å². The van der Waals surface area contributed by atoms with Gasteiger partial charge in [-0.15, -0.1) is 0 Å². The maximum Gasteiger partial charge on any atom is 0.303 e. The van der Waals surface area contributed by atoms with Gasteiger partial charge in [0.1, 0.15) is 0 Å². The summed E-state index contributed by atoms with van der Waals surface area (Å²) in [6.07, 6.45) is 0.428. The number of carbonyl (C=O) groups excluding carboxylic acids is 1. The van der Waals surface area contributed by atoms with Gasteiger partial charge in [0.2, 0.25) is 5.91 Å². The number of ether oxygens (including phenoxy) is 4. The molecule has 0 aromatic heterocycles. The van der Waals surface area contributed by atoms with Crippen LogP contribution in [-0.2, 0) is 45.2 Å². The van der Waals surface area contributed by atoms with E-state index < -0.39 is 12.3 Å². The summed E-state index contributed by atoms with van der Waals surface area (Å²) >= 11 is 0. The van der Waals surface area contributed by atoms with Crippen LogP contribution in [0.3, 0.4) is 0 Å². The van der Waals surface area contributed by atoms with Gasteiger partial charge in [-0.3, -0.25) is 14.5 Å². The molecule has 1 amide bonds. The zero-order chi connectivity index (χ0) is 35.0. The Morgan fingerprint density at radius 1 is 0.840 bits per heavy atom. The van der Waals surface area contributed by atoms with Crippen molar-refractivity contribution in [1.29, 1.82) is 0 Å². The maximum absolute atomic E-state index is 12.1. The standard InChI is InChI=1S/C40H44N2O8/c1-47-36-19-31-15-16-42(23-33(31)20-37(36)48-2)24-34-21-35(28-11-9-26(25-43)10-12-28)50-40(49-34)32-8-4-7-30(18-32)29-6-3-5-27(17-29)22-41-38(44)13-14-39(45)46/h3-12,17-20,34-35,40,43H,13-16,21-25H2,1-2H3,(H,41,44)(H,45,46)/t34-,35+,40+/m1/s1. The summed E-state index contributed by atoms with van der Waals surface area (Å²) in [7, 11) is 3.32. The van der Waals surface area contributed by atoms with Crippen molar-refractivity contribution in [1.82, 2.24) is 10.2 Å². The average molecular weight is 681 g/mol. The third-order valence-corrected chi connectivity index (χ3v) is 9.35. The van der Waals surface area contributed by atoms with E-state index in [0.717, 1.165) is 70.9 Å². The summed E-state index contributed by atoms with van der Waals surface area (Å²) in [6, 6.07) is 28.1. The summed E-state index contributed by atoms with van der Waals surface area (Å²) in [6.45, 7) is 2.70. The van der Waals surface area contributed by atoms with E-state index in [4.69, 9.17) is 24.1 Å². The number of aliphatic hydroxyl groups excluding tert-OH is 1. The molecule has 0 spiro atoms. The minimum atomic E-state index is -0.995. The number of carboxylic acid groups (broad SMARTS) is 1. The second kappa shape index (κ2) is 16.3. The molecule has 0 saturated carbocycles. The normalized spacial score (nSPS) is 19.0. The number of carboxylic acids is 1. The first kappa shape index (κ1) is 35.1. The Hall–Kier alpha value is -4.74. The summed E-state index contributed by atoms with van der Waals surface area (Å²) < 4.78 is 24.5. The van der Waals surface area contributed by atoms with Crippen LogP contribution in [0.25, 0.3) is 11.1 Å². The number of hydrogen-bond acceptors (Lipinski definition) is 8. The number of methoxy groups -OCH3 is 2. The molecule has 10 heteroatoms. The van der Waals surface area contributed by atoms with E-state index in [2.05, 4.69) is 28.4 Å². The fourth-order valence-electron chi connectivity index (χ4n) is 6.65. The Labute approximate surface area is 292 Å². The fourth-order valence-corrected chi connectivity index (χ4v) is 6.65. The number of rotatable bonds is 13. The summed E-state index contributed by atoms with van der Waals surface area (Å²) in [5.74, 6) is 0.187. The second-order valence-electron chi connectivity index (χ2n) is 12.8. The van der Waals surface area contributed by atoms with Gasteiger partial charge in [0.15, 0.2) is 17.8 Å². The number of nitrogens with one attached hydrogen (secondary N) is 1. The Bertz CT molecular complexity index is 1790. The molecule has 10 nitrogen and oxygen atoms in total. The van der Waals surface area contributed by atoms with Gasteiger partial charge in [-0.1, -0.05) is 60.7 Å². The van der Waals surface area contributed by atoms with Gasteiger partial charge in [-0.05, 0) is 69.6 Å². The molecule has 50 heavy (non-hydrogen) atoms. The van der Waals surface area contributed by atoms with Gasteiger partial charge in [0.05, 0.1) is 39.5 Å². The number of fused-ring (bicyclic) bond motifs is 1. The zero-order valence-corrected chi connectivity index (χ0v) is 28.5. The van der Waals surface area contributed by atoms with Crippen molar-refractivity contribution < 1.29 is 38.7 Å². The molecule has 0 bridgehead atoms. The predicted octanol–water partition coefficient (Wildman–Crippen LogP) is 5.95. The van der Waals surface area contributed by atoms with Crippen LogP contribution >= 0.6 is 0 Å². The number of hydrogen-bond donors (Lipinski definition) is 3. The highest BCUT2D eigenvalue weighted by molar-refractivity contribution is 5.80. The van der Waals surface area contributed by atoms with E-state index in [1.54, 1.807) is 14.2 Å². The van der Waals surface area contributed by atoms with Crippen LogP contribution in [0, 0.1) is 0 Å². The van der Waals surface area contributed by atoms with E-state index in [1.165, 1.54) is 11.1 Å². The number of carbonyl (C=O) groups is 2. The van der Waals surface area contributed by atoms with Gasteiger partial charge in [0.25, 0.3) is 0 Å². The number of amides is 1. The Kier molecular flexibility index (Phi) is 11.5. The fraction of sp³-hybridized carbons (Fsp3) is 0.350. The molecule has 3 atom stereocenters. The number of aliphatic carboxylic acids is 1. The lowest BCUT2D eigenvalue weighted by Crippen LogP contribution is -2.41. The van der Waals surface area contributed by atoms with Crippen molar-refractivity contribution in [3.05, 3.63) is 118 Å². The lowest BCUT2D eigenvalue weighted by Gasteiger charge is -2.39. The Balaban J connectivity index is 1.20. The van der Waals surface area contributed by atoms with Crippen LogP contribution in [0.4, 0.5) is 0 Å². The predicted molar refractivity (Wildman–Crippen MR) is 188 cm³/mol. The van der Waals surface area contributed by atoms with Crippen LogP contribution < -0.4 is 14.8 Å². The molecule has 3 N–H and O–H groups in total. The topological polar surface area (TPSA) is 127 Å². The highest BCUT2D eigenvalue weighted by Gasteiger charge is 2.34. The van der Waals surface area contributed by atoms with Crippen LogP contribution in [0.1, 0.15) is 65.0 Å². The highest BCUT2D eigenvalue weighted by Crippen LogP contribution is 2.40. The molecule has 1 fully saturated rings. The monoisotopic (exact) mass is 680 g/mol. The SMILES string of the molecule is COc1cc2c(cc1OC)CN(C[C@H]1C[C@@H](c3ccc(CO)cc3)O[C@@H](c3cccc(-c4cccc(CNC(=O)CCC(=O)O)c4)c3)O1)CC2. The summed E-state index contributed by atoms with van der Waals surface area (Å²) in [5.41, 5.74) is 8.16.